The zero-order valence-corrected chi connectivity index (χ0v) is 32.1. The quantitative estimate of drug-likeness (QED) is 0.0663. The van der Waals surface area contributed by atoms with Gasteiger partial charge in [0.1, 0.15) is 0 Å². The Morgan fingerprint density at radius 1 is 0.553 bits per heavy atom. The van der Waals surface area contributed by atoms with Gasteiger partial charge in [-0.3, -0.25) is 0 Å². The van der Waals surface area contributed by atoms with E-state index in [0.29, 0.717) is 90.4 Å². The van der Waals surface area contributed by atoms with Crippen molar-refractivity contribution in [1.29, 1.82) is 0 Å². The molecule has 0 amide bonds. The molecule has 47 heavy (non-hydrogen) atoms. The van der Waals surface area contributed by atoms with E-state index >= 15 is 0 Å². The van der Waals surface area contributed by atoms with Gasteiger partial charge in [0.2, 0.25) is 0 Å². The van der Waals surface area contributed by atoms with Crippen LogP contribution >= 0.6 is 0 Å². The first-order chi connectivity index (χ1) is 22.4. The van der Waals surface area contributed by atoms with E-state index in [1.807, 2.05) is 65.2 Å². The summed E-state index contributed by atoms with van der Waals surface area (Å²) in [7, 11) is 0. The predicted molar refractivity (Wildman–Crippen MR) is 190 cm³/mol. The molecule has 0 radical (unpaired) electrons. The third-order valence-corrected chi connectivity index (χ3v) is 14.1. The Labute approximate surface area is 285 Å². The number of carbonyl (C=O) groups is 2. The summed E-state index contributed by atoms with van der Waals surface area (Å²) in [5.41, 5.74) is 8.96. The molecule has 2 rings (SSSR count). The van der Waals surface area contributed by atoms with Gasteiger partial charge in [-0.15, -0.1) is 13.2 Å². The van der Waals surface area contributed by atoms with Gasteiger partial charge >= 0.3 is 247 Å². The summed E-state index contributed by atoms with van der Waals surface area (Å²) >= 11 is -3.81. The molecule has 0 atom stereocenters. The van der Waals surface area contributed by atoms with Crippen LogP contribution in [0.25, 0.3) is 0 Å². The molecule has 2 aromatic carbocycles. The third kappa shape index (κ3) is 11.9. The van der Waals surface area contributed by atoms with Gasteiger partial charge in [-0.25, -0.2) is 0 Å². The molecule has 9 heteroatoms. The molecule has 0 aromatic heterocycles. The van der Waals surface area contributed by atoms with Gasteiger partial charge in [0.15, 0.2) is 0 Å². The number of benzene rings is 2. The molecule has 0 aliphatic heterocycles. The van der Waals surface area contributed by atoms with E-state index in [1.165, 1.54) is 0 Å². The molecule has 0 aliphatic carbocycles. The Kier molecular flexibility index (Phi) is 18.0. The number of ether oxygens (including phenoxy) is 6. The number of rotatable bonds is 24. The zero-order valence-electron chi connectivity index (χ0n) is 30.0. The monoisotopic (exact) mass is 714 g/mol. The Balaban J connectivity index is 2.16. The van der Waals surface area contributed by atoms with Crippen molar-refractivity contribution in [3.63, 3.8) is 0 Å². The number of carbonyl (C=O) groups excluding carboxylic acids is 2. The van der Waals surface area contributed by atoms with Gasteiger partial charge in [-0.05, 0) is 0 Å². The summed E-state index contributed by atoms with van der Waals surface area (Å²) in [6, 6.07) is 4.07. The summed E-state index contributed by atoms with van der Waals surface area (Å²) in [4.78, 5) is 28.7. The molecule has 8 nitrogen and oxygen atoms in total. The second kappa shape index (κ2) is 20.8. The molecule has 0 unspecified atom stereocenters. The zero-order chi connectivity index (χ0) is 35.0. The molecule has 2 aromatic rings. The summed E-state index contributed by atoms with van der Waals surface area (Å²) in [6.45, 7) is 24.7. The molecule has 0 heterocycles. The third-order valence-electron chi connectivity index (χ3n) is 8.30. The van der Waals surface area contributed by atoms with Crippen LogP contribution in [0.2, 0.25) is 11.5 Å². The molecule has 0 bridgehead atoms. The normalized spacial score (nSPS) is 11.6. The van der Waals surface area contributed by atoms with Crippen molar-refractivity contribution in [3.8, 4) is 0 Å². The van der Waals surface area contributed by atoms with Crippen LogP contribution in [0.15, 0.2) is 37.4 Å². The standard InChI is InChI=1S/C38H56GeO8/c1-11-13-42-15-17-44-19-21-46-25-33-27(3)23-29(5)35(31(33)7)37(40)39(9,10)38(41)36-30(6)24-28(4)34(32(36)8)26-47-22-20-45-18-16-43-14-12-2/h11-12,23-24H,1-2,13-22,25-26H2,3-10H3. The van der Waals surface area contributed by atoms with Crippen molar-refractivity contribution in [1.82, 2.24) is 0 Å². The van der Waals surface area contributed by atoms with Gasteiger partial charge < -0.3 is 0 Å². The second-order valence-electron chi connectivity index (χ2n) is 12.3. The van der Waals surface area contributed by atoms with E-state index in [2.05, 4.69) is 13.2 Å². The van der Waals surface area contributed by atoms with E-state index in [4.69, 9.17) is 28.4 Å². The minimum absolute atomic E-state index is 0.0134. The first-order valence-electron chi connectivity index (χ1n) is 16.4. The average Bonchev–Trinajstić information content (AvgIpc) is 3.01. The van der Waals surface area contributed by atoms with E-state index in [9.17, 15) is 9.59 Å². The fourth-order valence-corrected chi connectivity index (χ4v) is 10.4. The molecule has 0 aliphatic rings. The molecule has 0 saturated heterocycles. The fraction of sp³-hybridized carbons (Fsp3) is 0.526. The maximum atomic E-state index is 14.4. The SMILES string of the molecule is C=CCOCCOCCOCc1c(C)cc(C)c([C](=O)[Ge]([CH3])([CH3])[C](=O)c2c(C)cc(C)c(COCCOCCOCC=C)c2C)c1C. The minimum atomic E-state index is -3.81. The molecule has 0 saturated carbocycles. The first kappa shape index (κ1) is 40.7. The van der Waals surface area contributed by atoms with Gasteiger partial charge in [0, 0.05) is 0 Å². The molecule has 0 N–H and O–H groups in total. The number of hydrogen-bond acceptors (Lipinski definition) is 8. The topological polar surface area (TPSA) is 89.5 Å². The molecule has 0 fully saturated rings. The molecular weight excluding hydrogens is 657 g/mol. The van der Waals surface area contributed by atoms with Crippen LogP contribution in [0.5, 0.6) is 0 Å². The van der Waals surface area contributed by atoms with Crippen LogP contribution in [-0.4, -0.2) is 88.6 Å². The van der Waals surface area contributed by atoms with Crippen molar-refractivity contribution >= 4 is 22.5 Å². The maximum absolute atomic E-state index is 14.4. The van der Waals surface area contributed by atoms with E-state index < -0.39 is 13.3 Å². The van der Waals surface area contributed by atoms with Crippen molar-refractivity contribution in [2.24, 2.45) is 0 Å². The summed E-state index contributed by atoms with van der Waals surface area (Å²) in [5.74, 6) is 3.83. The summed E-state index contributed by atoms with van der Waals surface area (Å²) in [6.07, 6.45) is 3.41. The summed E-state index contributed by atoms with van der Waals surface area (Å²) in [5, 5.41) is 0. The van der Waals surface area contributed by atoms with Crippen LogP contribution in [0.1, 0.15) is 65.2 Å². The van der Waals surface area contributed by atoms with E-state index in [1.54, 1.807) is 12.2 Å². The Morgan fingerprint density at radius 3 is 1.21 bits per heavy atom. The van der Waals surface area contributed by atoms with Crippen LogP contribution < -0.4 is 0 Å². The molecule has 0 spiro atoms. The second-order valence-corrected chi connectivity index (χ2v) is 21.0. The van der Waals surface area contributed by atoms with Gasteiger partial charge in [0.05, 0.1) is 13.2 Å². The Bertz CT molecular complexity index is 1260. The van der Waals surface area contributed by atoms with Crippen molar-refractivity contribution in [3.05, 3.63) is 93.1 Å². The average molecular weight is 713 g/mol. The van der Waals surface area contributed by atoms with Gasteiger partial charge in [-0.2, -0.15) is 0 Å². The predicted octanol–water partition coefficient (Wildman–Crippen LogP) is 6.86. The van der Waals surface area contributed by atoms with E-state index in [-0.39, 0.29) is 9.23 Å². The van der Waals surface area contributed by atoms with Crippen LogP contribution in [0.4, 0.5) is 0 Å². The fourth-order valence-electron chi connectivity index (χ4n) is 5.68. The van der Waals surface area contributed by atoms with E-state index in [0.717, 1.165) is 44.5 Å². The molecular formula is C38H56GeO8. The van der Waals surface area contributed by atoms with Crippen LogP contribution in [0, 0.1) is 41.5 Å². The van der Waals surface area contributed by atoms with Gasteiger partial charge in [-0.1, -0.05) is 12.2 Å². The Morgan fingerprint density at radius 2 is 0.872 bits per heavy atom. The Hall–Kier alpha value is -2.44. The van der Waals surface area contributed by atoms with Crippen molar-refractivity contribution in [2.45, 2.75) is 66.3 Å². The number of hydrogen-bond donors (Lipinski definition) is 0. The summed E-state index contributed by atoms with van der Waals surface area (Å²) < 4.78 is 33.6. The number of aryl methyl sites for hydroxylation is 4. The van der Waals surface area contributed by atoms with Crippen molar-refractivity contribution in [2.75, 3.05) is 66.1 Å². The van der Waals surface area contributed by atoms with Gasteiger partial charge in [0.25, 0.3) is 0 Å². The molecule has 260 valence electrons. The first-order valence-corrected chi connectivity index (χ1v) is 22.7. The van der Waals surface area contributed by atoms with Crippen LogP contribution in [-0.2, 0) is 41.6 Å². The van der Waals surface area contributed by atoms with Crippen molar-refractivity contribution < 1.29 is 38.0 Å². The van der Waals surface area contributed by atoms with Crippen LogP contribution in [0.3, 0.4) is 0 Å².